The van der Waals surface area contributed by atoms with Crippen molar-refractivity contribution in [2.45, 2.75) is 0 Å². The average Bonchev–Trinajstić information content (AvgIpc) is 4.11. The van der Waals surface area contributed by atoms with E-state index in [1.165, 1.54) is 27.1 Å². The SMILES string of the molecule is c1ccc(-c2c(-c3cccc4ccccc34)oc3c2cc(-c2ccc4ccccc4c2)c2c4oc(-c5cccc6ccccc56)c(-c5ccccc5)c4cc(-c4cccc(-c5cccc6ccccc56)c4)c32)cc1. The minimum Gasteiger partial charge on any atom is -0.455 e. The predicted molar refractivity (Wildman–Crippen MR) is 312 cm³/mol. The Morgan fingerprint density at radius 2 is 0.568 bits per heavy atom. The number of furan rings is 2. The van der Waals surface area contributed by atoms with Crippen LogP contribution in [0.1, 0.15) is 0 Å². The van der Waals surface area contributed by atoms with E-state index in [0.29, 0.717) is 0 Å². The summed E-state index contributed by atoms with van der Waals surface area (Å²) in [6, 6.07) is 96.6. The number of hydrogen-bond donors (Lipinski definition) is 0. The van der Waals surface area contributed by atoms with E-state index in [1.54, 1.807) is 0 Å². The topological polar surface area (TPSA) is 26.3 Å². The molecule has 2 aromatic heterocycles. The molecule has 0 bridgehead atoms. The fraction of sp³-hybridized carbons (Fsp3) is 0. The van der Waals surface area contributed by atoms with E-state index in [0.717, 1.165) is 127 Å². The van der Waals surface area contributed by atoms with Gasteiger partial charge in [-0.2, -0.15) is 0 Å². The molecule has 0 aliphatic rings. The molecule has 2 heteroatoms. The van der Waals surface area contributed by atoms with Crippen molar-refractivity contribution in [3.63, 3.8) is 0 Å². The molecule has 0 saturated heterocycles. The normalized spacial score (nSPS) is 11.8. The van der Waals surface area contributed by atoms with E-state index in [1.807, 2.05) is 0 Å². The molecule has 13 aromatic carbocycles. The molecule has 15 rings (SSSR count). The van der Waals surface area contributed by atoms with E-state index in [2.05, 4.69) is 267 Å². The van der Waals surface area contributed by atoms with Gasteiger partial charge in [0.1, 0.15) is 22.7 Å². The van der Waals surface area contributed by atoms with Gasteiger partial charge in [0.05, 0.1) is 0 Å². The van der Waals surface area contributed by atoms with Crippen LogP contribution in [0.25, 0.3) is 154 Å². The largest absolute Gasteiger partial charge is 0.455 e. The van der Waals surface area contributed by atoms with Crippen LogP contribution in [-0.2, 0) is 0 Å². The summed E-state index contributed by atoms with van der Waals surface area (Å²) in [5.74, 6) is 1.66. The molecular formula is C72H44O2. The van der Waals surface area contributed by atoms with Crippen molar-refractivity contribution < 1.29 is 8.83 Å². The fourth-order valence-corrected chi connectivity index (χ4v) is 11.9. The highest BCUT2D eigenvalue weighted by molar-refractivity contribution is 6.30. The predicted octanol–water partition coefficient (Wildman–Crippen LogP) is 20.6. The number of hydrogen-bond acceptors (Lipinski definition) is 2. The quantitative estimate of drug-likeness (QED) is 0.159. The fourth-order valence-electron chi connectivity index (χ4n) is 11.9. The van der Waals surface area contributed by atoms with Crippen molar-refractivity contribution >= 4 is 75.8 Å². The lowest BCUT2D eigenvalue weighted by Gasteiger charge is -2.16. The molecule has 15 aromatic rings. The highest BCUT2D eigenvalue weighted by Gasteiger charge is 2.30. The molecule has 0 radical (unpaired) electrons. The van der Waals surface area contributed by atoms with Gasteiger partial charge in [0.2, 0.25) is 0 Å². The third-order valence-corrected chi connectivity index (χ3v) is 15.2. The highest BCUT2D eigenvalue weighted by atomic mass is 16.3. The Kier molecular flexibility index (Phi) is 9.61. The van der Waals surface area contributed by atoms with Crippen molar-refractivity contribution in [1.29, 1.82) is 0 Å². The summed E-state index contributed by atoms with van der Waals surface area (Å²) in [6.07, 6.45) is 0. The van der Waals surface area contributed by atoms with Crippen molar-refractivity contribution in [2.75, 3.05) is 0 Å². The molecule has 0 N–H and O–H groups in total. The molecule has 344 valence electrons. The number of rotatable bonds is 7. The van der Waals surface area contributed by atoms with Gasteiger partial charge in [-0.25, -0.2) is 0 Å². The molecule has 0 aliphatic heterocycles. The highest BCUT2D eigenvalue weighted by Crippen LogP contribution is 2.54. The van der Waals surface area contributed by atoms with Crippen LogP contribution in [0.15, 0.2) is 276 Å². The molecule has 0 atom stereocenters. The lowest BCUT2D eigenvalue weighted by molar-refractivity contribution is 0.633. The van der Waals surface area contributed by atoms with Gasteiger partial charge in [0.15, 0.2) is 0 Å². The minimum absolute atomic E-state index is 0.808. The van der Waals surface area contributed by atoms with E-state index in [-0.39, 0.29) is 0 Å². The van der Waals surface area contributed by atoms with Gasteiger partial charge < -0.3 is 8.83 Å². The third-order valence-electron chi connectivity index (χ3n) is 15.2. The molecule has 0 unspecified atom stereocenters. The molecule has 0 spiro atoms. The summed E-state index contributed by atoms with van der Waals surface area (Å²) in [5, 5.41) is 13.4. The second-order valence-electron chi connectivity index (χ2n) is 19.4. The van der Waals surface area contributed by atoms with Crippen molar-refractivity contribution in [1.82, 2.24) is 0 Å². The molecule has 0 saturated carbocycles. The first-order valence-corrected chi connectivity index (χ1v) is 25.4. The van der Waals surface area contributed by atoms with Crippen LogP contribution < -0.4 is 0 Å². The maximum Gasteiger partial charge on any atom is 0.144 e. The van der Waals surface area contributed by atoms with Gasteiger partial charge in [-0.1, -0.05) is 243 Å². The molecule has 2 nitrogen and oxygen atoms in total. The summed E-state index contributed by atoms with van der Waals surface area (Å²) in [6.45, 7) is 0. The van der Waals surface area contributed by atoms with Crippen LogP contribution in [0, 0.1) is 0 Å². The maximum absolute atomic E-state index is 7.73. The first-order chi connectivity index (χ1) is 36.7. The van der Waals surface area contributed by atoms with Crippen LogP contribution in [0.3, 0.4) is 0 Å². The Bertz CT molecular complexity index is 4620. The molecule has 2 heterocycles. The van der Waals surface area contributed by atoms with Gasteiger partial charge in [-0.3, -0.25) is 0 Å². The molecule has 0 aliphatic carbocycles. The molecular weight excluding hydrogens is 897 g/mol. The Labute approximate surface area is 427 Å². The Morgan fingerprint density at radius 3 is 1.08 bits per heavy atom. The Morgan fingerprint density at radius 1 is 0.203 bits per heavy atom. The lowest BCUT2D eigenvalue weighted by atomic mass is 9.86. The van der Waals surface area contributed by atoms with Crippen LogP contribution >= 0.6 is 0 Å². The molecule has 74 heavy (non-hydrogen) atoms. The standard InChI is InChI=1S/C72H44O2/c1-3-23-49(24-4-1)65-63-43-61(53-32-15-31-52(42-53)58-36-16-28-46-20-9-12-33-55(46)58)67-68(72(63)74-69(65)59-37-17-29-47-21-10-13-34-56(47)59)62(54-40-39-45-19-7-8-27-51(45)41-54)44-64-66(50-25-5-2-6-26-50)70(73-71(64)67)60-38-18-30-48-22-11-14-35-57(48)60/h1-44H. The Hall–Kier alpha value is -9.76. The summed E-state index contributed by atoms with van der Waals surface area (Å²) >= 11 is 0. The molecule has 0 amide bonds. The smallest absolute Gasteiger partial charge is 0.144 e. The van der Waals surface area contributed by atoms with E-state index in [4.69, 9.17) is 8.83 Å². The summed E-state index contributed by atoms with van der Waals surface area (Å²) in [5.41, 5.74) is 14.6. The van der Waals surface area contributed by atoms with Crippen LogP contribution in [-0.4, -0.2) is 0 Å². The van der Waals surface area contributed by atoms with E-state index < -0.39 is 0 Å². The number of benzene rings is 13. The second kappa shape index (κ2) is 16.9. The first kappa shape index (κ1) is 42.0. The van der Waals surface area contributed by atoms with Crippen LogP contribution in [0.4, 0.5) is 0 Å². The van der Waals surface area contributed by atoms with Gasteiger partial charge in [-0.05, 0) is 112 Å². The van der Waals surface area contributed by atoms with Crippen molar-refractivity contribution in [2.24, 2.45) is 0 Å². The first-order valence-electron chi connectivity index (χ1n) is 25.4. The van der Waals surface area contributed by atoms with Crippen LogP contribution in [0.2, 0.25) is 0 Å². The van der Waals surface area contributed by atoms with E-state index in [9.17, 15) is 0 Å². The van der Waals surface area contributed by atoms with Gasteiger partial charge >= 0.3 is 0 Å². The van der Waals surface area contributed by atoms with Gasteiger partial charge in [0.25, 0.3) is 0 Å². The lowest BCUT2D eigenvalue weighted by Crippen LogP contribution is -1.90. The third kappa shape index (κ3) is 6.66. The summed E-state index contributed by atoms with van der Waals surface area (Å²) < 4.78 is 15.4. The molecule has 0 fully saturated rings. The summed E-state index contributed by atoms with van der Waals surface area (Å²) in [7, 11) is 0. The van der Waals surface area contributed by atoms with E-state index >= 15 is 0 Å². The zero-order chi connectivity index (χ0) is 48.7. The van der Waals surface area contributed by atoms with Crippen LogP contribution in [0.5, 0.6) is 0 Å². The second-order valence-corrected chi connectivity index (χ2v) is 19.4. The monoisotopic (exact) mass is 940 g/mol. The number of fused-ring (bicyclic) bond motifs is 9. The van der Waals surface area contributed by atoms with Crippen molar-refractivity contribution in [3.05, 3.63) is 267 Å². The van der Waals surface area contributed by atoms with Gasteiger partial charge in [0, 0.05) is 43.8 Å². The minimum atomic E-state index is 0.808. The average molecular weight is 941 g/mol. The maximum atomic E-state index is 7.73. The van der Waals surface area contributed by atoms with Gasteiger partial charge in [-0.15, -0.1) is 0 Å². The van der Waals surface area contributed by atoms with Crippen molar-refractivity contribution in [3.8, 4) is 78.3 Å². The Balaban J connectivity index is 1.17. The summed E-state index contributed by atoms with van der Waals surface area (Å²) in [4.78, 5) is 0. The zero-order valence-corrected chi connectivity index (χ0v) is 40.2. The zero-order valence-electron chi connectivity index (χ0n) is 40.2.